The Bertz CT molecular complexity index is 518. The minimum Gasteiger partial charge on any atom is -0.386 e. The normalized spacial score (nSPS) is 12.4. The molecule has 4 heteroatoms. The summed E-state index contributed by atoms with van der Waals surface area (Å²) in [7, 11) is 0. The SMILES string of the molecule is OC(Cc1cccc(F)c1)c1ncccc1Br. The van der Waals surface area contributed by atoms with Gasteiger partial charge >= 0.3 is 0 Å². The van der Waals surface area contributed by atoms with E-state index in [2.05, 4.69) is 20.9 Å². The fourth-order valence-electron chi connectivity index (χ4n) is 1.63. The van der Waals surface area contributed by atoms with Crippen molar-refractivity contribution in [2.24, 2.45) is 0 Å². The summed E-state index contributed by atoms with van der Waals surface area (Å²) in [6.07, 6.45) is 1.22. The van der Waals surface area contributed by atoms with Crippen LogP contribution >= 0.6 is 15.9 Å². The molecular formula is C13H11BrFNO. The molecule has 0 aliphatic carbocycles. The summed E-state index contributed by atoms with van der Waals surface area (Å²) in [6, 6.07) is 9.81. The highest BCUT2D eigenvalue weighted by molar-refractivity contribution is 9.10. The number of halogens is 2. The Hall–Kier alpha value is -1.26. The zero-order valence-electron chi connectivity index (χ0n) is 8.98. The number of hydrogen-bond donors (Lipinski definition) is 1. The first-order valence-electron chi connectivity index (χ1n) is 5.20. The van der Waals surface area contributed by atoms with E-state index in [1.54, 1.807) is 24.4 Å². The van der Waals surface area contributed by atoms with Crippen LogP contribution in [-0.2, 0) is 6.42 Å². The van der Waals surface area contributed by atoms with Gasteiger partial charge in [0.1, 0.15) is 11.9 Å². The second kappa shape index (κ2) is 5.38. The van der Waals surface area contributed by atoms with E-state index in [-0.39, 0.29) is 5.82 Å². The lowest BCUT2D eigenvalue weighted by molar-refractivity contribution is 0.172. The molecule has 2 rings (SSSR count). The third-order valence-corrected chi connectivity index (χ3v) is 3.09. The molecule has 0 saturated carbocycles. The Labute approximate surface area is 107 Å². The molecule has 1 atom stereocenters. The average molecular weight is 296 g/mol. The summed E-state index contributed by atoms with van der Waals surface area (Å²) in [5, 5.41) is 10.0. The molecular weight excluding hydrogens is 285 g/mol. The van der Waals surface area contributed by atoms with Gasteiger partial charge in [-0.3, -0.25) is 4.98 Å². The van der Waals surface area contributed by atoms with Crippen LogP contribution in [0.5, 0.6) is 0 Å². The molecule has 1 N–H and O–H groups in total. The molecule has 88 valence electrons. The molecule has 0 radical (unpaired) electrons. The summed E-state index contributed by atoms with van der Waals surface area (Å²) in [5.41, 5.74) is 1.31. The van der Waals surface area contributed by atoms with Crippen LogP contribution in [-0.4, -0.2) is 10.1 Å². The second-order valence-corrected chi connectivity index (χ2v) is 4.57. The largest absolute Gasteiger partial charge is 0.386 e. The minimum atomic E-state index is -0.743. The first-order valence-corrected chi connectivity index (χ1v) is 5.99. The maximum atomic E-state index is 13.0. The van der Waals surface area contributed by atoms with Crippen molar-refractivity contribution in [3.63, 3.8) is 0 Å². The van der Waals surface area contributed by atoms with Crippen LogP contribution in [0.2, 0.25) is 0 Å². The lowest BCUT2D eigenvalue weighted by Gasteiger charge is -2.11. The van der Waals surface area contributed by atoms with Crippen LogP contribution in [0.15, 0.2) is 47.1 Å². The van der Waals surface area contributed by atoms with Crippen molar-refractivity contribution < 1.29 is 9.50 Å². The van der Waals surface area contributed by atoms with Crippen LogP contribution in [0.3, 0.4) is 0 Å². The zero-order chi connectivity index (χ0) is 12.3. The highest BCUT2D eigenvalue weighted by Gasteiger charge is 2.13. The van der Waals surface area contributed by atoms with Gasteiger partial charge in [-0.05, 0) is 45.8 Å². The highest BCUT2D eigenvalue weighted by Crippen LogP contribution is 2.23. The van der Waals surface area contributed by atoms with Crippen LogP contribution in [0.1, 0.15) is 17.4 Å². The number of benzene rings is 1. The van der Waals surface area contributed by atoms with Crippen molar-refractivity contribution in [3.05, 3.63) is 64.1 Å². The molecule has 2 aromatic rings. The van der Waals surface area contributed by atoms with E-state index in [0.29, 0.717) is 12.1 Å². The van der Waals surface area contributed by atoms with E-state index in [9.17, 15) is 9.50 Å². The number of rotatable bonds is 3. The third-order valence-electron chi connectivity index (χ3n) is 2.42. The van der Waals surface area contributed by atoms with E-state index in [1.807, 2.05) is 6.07 Å². The van der Waals surface area contributed by atoms with Gasteiger partial charge in [0.15, 0.2) is 0 Å². The molecule has 0 aliphatic rings. The predicted octanol–water partition coefficient (Wildman–Crippen LogP) is 3.26. The molecule has 0 fully saturated rings. The van der Waals surface area contributed by atoms with Crippen molar-refractivity contribution in [1.82, 2.24) is 4.98 Å². The quantitative estimate of drug-likeness (QED) is 0.943. The van der Waals surface area contributed by atoms with Crippen molar-refractivity contribution in [3.8, 4) is 0 Å². The molecule has 1 unspecified atom stereocenters. The van der Waals surface area contributed by atoms with Gasteiger partial charge in [0, 0.05) is 17.1 Å². The van der Waals surface area contributed by atoms with Gasteiger partial charge in [-0.1, -0.05) is 12.1 Å². The average Bonchev–Trinajstić information content (AvgIpc) is 2.29. The summed E-state index contributed by atoms with van der Waals surface area (Å²) in [6.45, 7) is 0. The molecule has 1 aromatic heterocycles. The summed E-state index contributed by atoms with van der Waals surface area (Å²) >= 11 is 3.33. The van der Waals surface area contributed by atoms with E-state index < -0.39 is 6.10 Å². The lowest BCUT2D eigenvalue weighted by Crippen LogP contribution is -2.05. The van der Waals surface area contributed by atoms with Crippen LogP contribution in [0.25, 0.3) is 0 Å². The Kier molecular flexibility index (Phi) is 3.86. The number of aromatic nitrogens is 1. The number of hydrogen-bond acceptors (Lipinski definition) is 2. The fourth-order valence-corrected chi connectivity index (χ4v) is 2.15. The van der Waals surface area contributed by atoms with Gasteiger partial charge in [0.2, 0.25) is 0 Å². The first-order chi connectivity index (χ1) is 8.16. The van der Waals surface area contributed by atoms with E-state index >= 15 is 0 Å². The third kappa shape index (κ3) is 3.11. The summed E-state index contributed by atoms with van der Waals surface area (Å²) < 4.78 is 13.7. The number of aliphatic hydroxyl groups excluding tert-OH is 1. The molecule has 17 heavy (non-hydrogen) atoms. The standard InChI is InChI=1S/C13H11BrFNO/c14-11-5-2-6-16-13(11)12(17)8-9-3-1-4-10(15)7-9/h1-7,12,17H,8H2. The first kappa shape index (κ1) is 12.2. The van der Waals surface area contributed by atoms with E-state index in [0.717, 1.165) is 10.0 Å². The molecule has 0 bridgehead atoms. The van der Waals surface area contributed by atoms with Crippen molar-refractivity contribution in [1.29, 1.82) is 0 Å². The Morgan fingerprint density at radius 1 is 1.29 bits per heavy atom. The van der Waals surface area contributed by atoms with E-state index in [1.165, 1.54) is 12.1 Å². The molecule has 0 aliphatic heterocycles. The van der Waals surface area contributed by atoms with Gasteiger partial charge in [-0.2, -0.15) is 0 Å². The molecule has 1 aromatic carbocycles. The van der Waals surface area contributed by atoms with Gasteiger partial charge in [0.05, 0.1) is 5.69 Å². The van der Waals surface area contributed by atoms with Gasteiger partial charge in [0.25, 0.3) is 0 Å². The highest BCUT2D eigenvalue weighted by atomic mass is 79.9. The van der Waals surface area contributed by atoms with Crippen molar-refractivity contribution in [2.75, 3.05) is 0 Å². The van der Waals surface area contributed by atoms with Crippen LogP contribution in [0.4, 0.5) is 4.39 Å². The molecule has 0 saturated heterocycles. The second-order valence-electron chi connectivity index (χ2n) is 3.72. The van der Waals surface area contributed by atoms with Crippen LogP contribution in [0, 0.1) is 5.82 Å². The summed E-state index contributed by atoms with van der Waals surface area (Å²) in [4.78, 5) is 4.11. The van der Waals surface area contributed by atoms with Crippen molar-refractivity contribution in [2.45, 2.75) is 12.5 Å². The summed E-state index contributed by atoms with van der Waals surface area (Å²) in [5.74, 6) is -0.296. The molecule has 2 nitrogen and oxygen atoms in total. The van der Waals surface area contributed by atoms with Crippen LogP contribution < -0.4 is 0 Å². The number of aliphatic hydroxyl groups is 1. The Balaban J connectivity index is 2.17. The monoisotopic (exact) mass is 295 g/mol. The smallest absolute Gasteiger partial charge is 0.123 e. The number of pyridine rings is 1. The Morgan fingerprint density at radius 3 is 2.82 bits per heavy atom. The van der Waals surface area contributed by atoms with Crippen molar-refractivity contribution >= 4 is 15.9 Å². The lowest BCUT2D eigenvalue weighted by atomic mass is 10.1. The number of nitrogens with zero attached hydrogens (tertiary/aromatic N) is 1. The van der Waals surface area contributed by atoms with Gasteiger partial charge in [-0.25, -0.2) is 4.39 Å². The topological polar surface area (TPSA) is 33.1 Å². The molecule has 0 amide bonds. The van der Waals surface area contributed by atoms with E-state index in [4.69, 9.17) is 0 Å². The minimum absolute atomic E-state index is 0.296. The molecule has 1 heterocycles. The maximum Gasteiger partial charge on any atom is 0.123 e. The van der Waals surface area contributed by atoms with Gasteiger partial charge in [-0.15, -0.1) is 0 Å². The Morgan fingerprint density at radius 2 is 2.12 bits per heavy atom. The zero-order valence-corrected chi connectivity index (χ0v) is 10.6. The maximum absolute atomic E-state index is 13.0. The molecule has 0 spiro atoms. The van der Waals surface area contributed by atoms with Gasteiger partial charge < -0.3 is 5.11 Å². The predicted molar refractivity (Wildman–Crippen MR) is 67.0 cm³/mol. The fraction of sp³-hybridized carbons (Fsp3) is 0.154.